The van der Waals surface area contributed by atoms with Gasteiger partial charge in [-0.3, -0.25) is 0 Å². The van der Waals surface area contributed by atoms with Gasteiger partial charge in [-0.1, -0.05) is 32.6 Å². The van der Waals surface area contributed by atoms with Gasteiger partial charge in [0.25, 0.3) is 0 Å². The quantitative estimate of drug-likeness (QED) is 0.626. The molecule has 0 bridgehead atoms. The lowest BCUT2D eigenvalue weighted by Crippen LogP contribution is -2.28. The minimum Gasteiger partial charge on any atom is -0.377 e. The minimum absolute atomic E-state index is 0.448. The Bertz CT molecular complexity index is 143. The van der Waals surface area contributed by atoms with E-state index in [0.717, 1.165) is 6.61 Å². The molecule has 0 amide bonds. The molecule has 1 aliphatic heterocycles. The number of nitrogens with one attached hydrogen (secondary N) is 1. The van der Waals surface area contributed by atoms with E-state index in [1.165, 1.54) is 51.5 Å². The van der Waals surface area contributed by atoms with E-state index >= 15 is 0 Å². The van der Waals surface area contributed by atoms with E-state index in [4.69, 9.17) is 4.74 Å². The lowest BCUT2D eigenvalue weighted by molar-refractivity contribution is 0.0462. The van der Waals surface area contributed by atoms with Gasteiger partial charge in [0.15, 0.2) is 0 Å². The van der Waals surface area contributed by atoms with Crippen molar-refractivity contribution in [1.82, 2.24) is 5.32 Å². The fraction of sp³-hybridized carbons (Fsp3) is 1.00. The molecule has 2 atom stereocenters. The number of unbranched alkanes of at least 4 members (excludes halogenated alkanes) is 3. The highest BCUT2D eigenvalue weighted by atomic mass is 16.5. The van der Waals surface area contributed by atoms with Crippen molar-refractivity contribution in [3.8, 4) is 0 Å². The van der Waals surface area contributed by atoms with Gasteiger partial charge < -0.3 is 10.1 Å². The normalized spacial score (nSPS) is 23.2. The van der Waals surface area contributed by atoms with Crippen LogP contribution in [0.1, 0.15) is 58.8 Å². The van der Waals surface area contributed by atoms with E-state index in [2.05, 4.69) is 19.2 Å². The molecule has 0 spiro atoms. The van der Waals surface area contributed by atoms with Crippen LogP contribution < -0.4 is 5.32 Å². The van der Waals surface area contributed by atoms with E-state index in [-0.39, 0.29) is 0 Å². The number of hydrogen-bond donors (Lipinski definition) is 1. The summed E-state index contributed by atoms with van der Waals surface area (Å²) in [5.41, 5.74) is 0. The molecule has 0 aromatic carbocycles. The van der Waals surface area contributed by atoms with Crippen molar-refractivity contribution in [3.63, 3.8) is 0 Å². The summed E-state index contributed by atoms with van der Waals surface area (Å²) in [6.45, 7) is 6.56. The Morgan fingerprint density at radius 1 is 1.33 bits per heavy atom. The first-order chi connectivity index (χ1) is 7.33. The average Bonchev–Trinajstić information content (AvgIpc) is 2.74. The maximum absolute atomic E-state index is 5.84. The van der Waals surface area contributed by atoms with Crippen LogP contribution in [0, 0.1) is 0 Å². The van der Waals surface area contributed by atoms with Gasteiger partial charge in [0.2, 0.25) is 0 Å². The van der Waals surface area contributed by atoms with Crippen molar-refractivity contribution < 1.29 is 4.74 Å². The van der Waals surface area contributed by atoms with Gasteiger partial charge >= 0.3 is 0 Å². The SMILES string of the molecule is CCCCCCC(C)OCC1CCCN1. The molecule has 1 aliphatic rings. The van der Waals surface area contributed by atoms with Gasteiger partial charge in [-0.15, -0.1) is 0 Å². The number of ether oxygens (including phenoxy) is 1. The van der Waals surface area contributed by atoms with E-state index < -0.39 is 0 Å². The maximum Gasteiger partial charge on any atom is 0.0623 e. The molecule has 90 valence electrons. The maximum atomic E-state index is 5.84. The third-order valence-electron chi connectivity index (χ3n) is 3.21. The first-order valence-corrected chi connectivity index (χ1v) is 6.68. The molecule has 0 saturated carbocycles. The highest BCUT2D eigenvalue weighted by molar-refractivity contribution is 4.73. The molecule has 0 aliphatic carbocycles. The molecule has 1 N–H and O–H groups in total. The Morgan fingerprint density at radius 2 is 2.20 bits per heavy atom. The molecule has 2 heteroatoms. The zero-order valence-electron chi connectivity index (χ0n) is 10.4. The number of rotatable bonds is 8. The van der Waals surface area contributed by atoms with Crippen molar-refractivity contribution >= 4 is 0 Å². The van der Waals surface area contributed by atoms with Crippen LogP contribution in [0.4, 0.5) is 0 Å². The summed E-state index contributed by atoms with van der Waals surface area (Å²) in [5, 5.41) is 3.46. The summed E-state index contributed by atoms with van der Waals surface area (Å²) < 4.78 is 5.84. The highest BCUT2D eigenvalue weighted by Crippen LogP contribution is 2.10. The molecule has 1 rings (SSSR count). The molecule has 15 heavy (non-hydrogen) atoms. The first kappa shape index (κ1) is 13.0. The molecule has 0 radical (unpaired) electrons. The van der Waals surface area contributed by atoms with Crippen molar-refractivity contribution in [2.45, 2.75) is 70.9 Å². The molecule has 0 aromatic rings. The van der Waals surface area contributed by atoms with Crippen LogP contribution in [0.5, 0.6) is 0 Å². The Kier molecular flexibility index (Phi) is 7.03. The topological polar surface area (TPSA) is 21.3 Å². The Labute approximate surface area is 94.8 Å². The zero-order valence-corrected chi connectivity index (χ0v) is 10.4. The molecular weight excluding hydrogens is 186 g/mol. The van der Waals surface area contributed by atoms with Gasteiger partial charge in [-0.2, -0.15) is 0 Å². The highest BCUT2D eigenvalue weighted by Gasteiger charge is 2.14. The monoisotopic (exact) mass is 213 g/mol. The van der Waals surface area contributed by atoms with Crippen LogP contribution in [0.25, 0.3) is 0 Å². The summed E-state index contributed by atoms with van der Waals surface area (Å²) in [6.07, 6.45) is 9.68. The third kappa shape index (κ3) is 6.16. The molecule has 2 nitrogen and oxygen atoms in total. The van der Waals surface area contributed by atoms with Crippen LogP contribution >= 0.6 is 0 Å². The lowest BCUT2D eigenvalue weighted by atomic mass is 10.1. The van der Waals surface area contributed by atoms with Crippen LogP contribution in [-0.4, -0.2) is 25.3 Å². The molecule has 2 unspecified atom stereocenters. The summed E-state index contributed by atoms with van der Waals surface area (Å²) in [5.74, 6) is 0. The minimum atomic E-state index is 0.448. The summed E-state index contributed by atoms with van der Waals surface area (Å²) in [4.78, 5) is 0. The molecule has 1 fully saturated rings. The van der Waals surface area contributed by atoms with E-state index in [1.807, 2.05) is 0 Å². The van der Waals surface area contributed by atoms with E-state index in [1.54, 1.807) is 0 Å². The van der Waals surface area contributed by atoms with Crippen LogP contribution in [-0.2, 0) is 4.74 Å². The lowest BCUT2D eigenvalue weighted by Gasteiger charge is -2.16. The first-order valence-electron chi connectivity index (χ1n) is 6.68. The van der Waals surface area contributed by atoms with Gasteiger partial charge in [0.1, 0.15) is 0 Å². The molecular formula is C13H27NO. The van der Waals surface area contributed by atoms with Crippen LogP contribution in [0.15, 0.2) is 0 Å². The fourth-order valence-electron chi connectivity index (χ4n) is 2.12. The van der Waals surface area contributed by atoms with Gasteiger partial charge in [0.05, 0.1) is 12.7 Å². The molecule has 1 heterocycles. The Hall–Kier alpha value is -0.0800. The van der Waals surface area contributed by atoms with Crippen molar-refractivity contribution in [2.24, 2.45) is 0 Å². The van der Waals surface area contributed by atoms with E-state index in [9.17, 15) is 0 Å². The van der Waals surface area contributed by atoms with Gasteiger partial charge in [0, 0.05) is 6.04 Å². The molecule has 1 saturated heterocycles. The Morgan fingerprint density at radius 3 is 2.87 bits per heavy atom. The summed E-state index contributed by atoms with van der Waals surface area (Å²) >= 11 is 0. The smallest absolute Gasteiger partial charge is 0.0623 e. The Balaban J connectivity index is 1.90. The van der Waals surface area contributed by atoms with Gasteiger partial charge in [-0.25, -0.2) is 0 Å². The van der Waals surface area contributed by atoms with Crippen molar-refractivity contribution in [2.75, 3.05) is 13.2 Å². The predicted molar refractivity (Wildman–Crippen MR) is 65.2 cm³/mol. The van der Waals surface area contributed by atoms with Crippen molar-refractivity contribution in [1.29, 1.82) is 0 Å². The van der Waals surface area contributed by atoms with Crippen LogP contribution in [0.2, 0.25) is 0 Å². The van der Waals surface area contributed by atoms with Gasteiger partial charge in [-0.05, 0) is 32.7 Å². The summed E-state index contributed by atoms with van der Waals surface area (Å²) in [6, 6.07) is 0.628. The average molecular weight is 213 g/mol. The predicted octanol–water partition coefficient (Wildman–Crippen LogP) is 3.11. The standard InChI is InChI=1S/C13H27NO/c1-3-4-5-6-8-12(2)15-11-13-9-7-10-14-13/h12-14H,3-11H2,1-2H3. The summed E-state index contributed by atoms with van der Waals surface area (Å²) in [7, 11) is 0. The second kappa shape index (κ2) is 8.12. The zero-order chi connectivity index (χ0) is 10.9. The molecule has 0 aromatic heterocycles. The number of hydrogen-bond acceptors (Lipinski definition) is 2. The second-order valence-electron chi connectivity index (χ2n) is 4.79. The van der Waals surface area contributed by atoms with Crippen LogP contribution in [0.3, 0.4) is 0 Å². The second-order valence-corrected chi connectivity index (χ2v) is 4.79. The van der Waals surface area contributed by atoms with E-state index in [0.29, 0.717) is 12.1 Å². The fourth-order valence-corrected chi connectivity index (χ4v) is 2.12. The van der Waals surface area contributed by atoms with Crippen molar-refractivity contribution in [3.05, 3.63) is 0 Å². The largest absolute Gasteiger partial charge is 0.377 e. The third-order valence-corrected chi connectivity index (χ3v) is 3.21.